The van der Waals surface area contributed by atoms with Crippen LogP contribution in [0.15, 0.2) is 12.2 Å². The Bertz CT molecular complexity index is 638. The highest BCUT2D eigenvalue weighted by Crippen LogP contribution is 2.24. The van der Waals surface area contributed by atoms with E-state index in [0.717, 1.165) is 0 Å². The number of aliphatic hydroxyl groups is 5. The number of rotatable bonds is 8. The van der Waals surface area contributed by atoms with Crippen LogP contribution in [0.3, 0.4) is 0 Å². The van der Waals surface area contributed by atoms with Crippen molar-refractivity contribution in [2.75, 3.05) is 13.2 Å². The predicted octanol–water partition coefficient (Wildman–Crippen LogP) is -1.08. The van der Waals surface area contributed by atoms with E-state index in [2.05, 4.69) is 35.5 Å². The molecule has 0 radical (unpaired) electrons. The Morgan fingerprint density at radius 3 is 2.41 bits per heavy atom. The second-order valence-electron chi connectivity index (χ2n) is 5.84. The lowest BCUT2D eigenvalue weighted by atomic mass is 9.99. The lowest BCUT2D eigenvalue weighted by Crippen LogP contribution is -2.59. The van der Waals surface area contributed by atoms with Crippen LogP contribution >= 0.6 is 0 Å². The van der Waals surface area contributed by atoms with E-state index in [1.807, 2.05) is 6.08 Å². The van der Waals surface area contributed by atoms with Crippen molar-refractivity contribution in [3.8, 4) is 35.5 Å². The van der Waals surface area contributed by atoms with Crippen LogP contribution in [0.1, 0.15) is 26.2 Å². The fourth-order valence-corrected chi connectivity index (χ4v) is 2.42. The molecule has 0 aliphatic carbocycles. The van der Waals surface area contributed by atoms with Crippen LogP contribution in [0.4, 0.5) is 0 Å². The zero-order chi connectivity index (χ0) is 20.1. The molecule has 1 aliphatic heterocycles. The van der Waals surface area contributed by atoms with Crippen molar-refractivity contribution in [2.45, 2.75) is 63.0 Å². The minimum absolute atomic E-state index is 0.125. The monoisotopic (exact) mass is 378 g/mol. The Kier molecular flexibility index (Phi) is 11.4. The Morgan fingerprint density at radius 2 is 1.74 bits per heavy atom. The summed E-state index contributed by atoms with van der Waals surface area (Å²) >= 11 is 0. The molecule has 0 spiro atoms. The molecule has 6 atom stereocenters. The van der Waals surface area contributed by atoms with Gasteiger partial charge in [0.05, 0.1) is 12.7 Å². The second kappa shape index (κ2) is 13.3. The fraction of sp³-hybridized carbons (Fsp3) is 0.600. The molecule has 0 aromatic heterocycles. The third kappa shape index (κ3) is 8.13. The summed E-state index contributed by atoms with van der Waals surface area (Å²) in [6.45, 7) is 1.04. The Morgan fingerprint density at radius 1 is 1.00 bits per heavy atom. The van der Waals surface area contributed by atoms with Gasteiger partial charge in [-0.05, 0) is 55.9 Å². The van der Waals surface area contributed by atoms with E-state index in [0.29, 0.717) is 19.3 Å². The van der Waals surface area contributed by atoms with E-state index in [1.54, 1.807) is 13.0 Å². The number of hydrogen-bond acceptors (Lipinski definition) is 7. The average molecular weight is 378 g/mol. The Balaban J connectivity index is 2.55. The SMILES string of the molecule is CC#CC#CC#CC=CCCC(CCO)OC1OC(CO)C(O)C(O)C1O. The smallest absolute Gasteiger partial charge is 0.186 e. The van der Waals surface area contributed by atoms with Gasteiger partial charge in [0, 0.05) is 6.61 Å². The highest BCUT2D eigenvalue weighted by molar-refractivity contribution is 5.37. The number of allylic oxidation sites excluding steroid dienone is 2. The summed E-state index contributed by atoms with van der Waals surface area (Å²) in [5.41, 5.74) is 0. The minimum atomic E-state index is -1.50. The molecule has 1 heterocycles. The van der Waals surface area contributed by atoms with Crippen LogP contribution in [0.25, 0.3) is 0 Å². The standard InChI is InChI=1S/C20H26O7/c1-2-3-4-5-6-7-8-9-10-11-15(12-13-21)26-20-19(25)18(24)17(23)16(14-22)27-20/h8-9,15-25H,10-14H2,1H3. The van der Waals surface area contributed by atoms with Gasteiger partial charge in [-0.25, -0.2) is 0 Å². The molecule has 1 saturated heterocycles. The highest BCUT2D eigenvalue weighted by atomic mass is 16.7. The van der Waals surface area contributed by atoms with Gasteiger partial charge in [-0.15, -0.1) is 0 Å². The Hall–Kier alpha value is -1.86. The maximum absolute atomic E-state index is 10.0. The van der Waals surface area contributed by atoms with E-state index in [1.165, 1.54) is 0 Å². The van der Waals surface area contributed by atoms with E-state index < -0.39 is 43.4 Å². The minimum Gasteiger partial charge on any atom is -0.396 e. The first kappa shape index (κ1) is 23.2. The molecular weight excluding hydrogens is 352 g/mol. The molecule has 1 fully saturated rings. The van der Waals surface area contributed by atoms with Crippen LogP contribution in [-0.4, -0.2) is 75.6 Å². The molecule has 0 saturated carbocycles. The van der Waals surface area contributed by atoms with Crippen LogP contribution in [0.2, 0.25) is 0 Å². The number of ether oxygens (including phenoxy) is 2. The van der Waals surface area contributed by atoms with Crippen molar-refractivity contribution in [1.82, 2.24) is 0 Å². The van der Waals surface area contributed by atoms with Crippen molar-refractivity contribution < 1.29 is 35.0 Å². The molecule has 27 heavy (non-hydrogen) atoms. The highest BCUT2D eigenvalue weighted by Gasteiger charge is 2.44. The first-order valence-electron chi connectivity index (χ1n) is 8.69. The van der Waals surface area contributed by atoms with E-state index in [9.17, 15) is 25.5 Å². The molecule has 7 nitrogen and oxygen atoms in total. The molecule has 0 bridgehead atoms. The summed E-state index contributed by atoms with van der Waals surface area (Å²) in [6, 6.07) is 0. The average Bonchev–Trinajstić information content (AvgIpc) is 2.67. The van der Waals surface area contributed by atoms with Gasteiger partial charge in [0.15, 0.2) is 6.29 Å². The van der Waals surface area contributed by atoms with Crippen molar-refractivity contribution >= 4 is 0 Å². The molecule has 0 aromatic rings. The zero-order valence-electron chi connectivity index (χ0n) is 15.2. The number of hydrogen-bond donors (Lipinski definition) is 5. The first-order chi connectivity index (χ1) is 13.0. The zero-order valence-corrected chi connectivity index (χ0v) is 15.2. The number of aliphatic hydroxyl groups excluding tert-OH is 5. The summed E-state index contributed by atoms with van der Waals surface area (Å²) in [5, 5.41) is 48.0. The van der Waals surface area contributed by atoms with Gasteiger partial charge in [-0.2, -0.15) is 0 Å². The molecule has 6 unspecified atom stereocenters. The molecule has 148 valence electrons. The predicted molar refractivity (Wildman–Crippen MR) is 97.7 cm³/mol. The summed E-state index contributed by atoms with van der Waals surface area (Å²) in [6.07, 6.45) is -2.20. The van der Waals surface area contributed by atoms with Crippen molar-refractivity contribution in [3.63, 3.8) is 0 Å². The van der Waals surface area contributed by atoms with Crippen molar-refractivity contribution in [2.24, 2.45) is 0 Å². The molecule has 0 amide bonds. The Labute approximate surface area is 159 Å². The van der Waals surface area contributed by atoms with E-state index in [-0.39, 0.29) is 6.61 Å². The van der Waals surface area contributed by atoms with Crippen LogP contribution in [-0.2, 0) is 9.47 Å². The maximum atomic E-state index is 10.0. The normalized spacial score (nSPS) is 28.3. The van der Waals surface area contributed by atoms with Gasteiger partial charge in [0.25, 0.3) is 0 Å². The summed E-state index contributed by atoms with van der Waals surface area (Å²) in [5.74, 6) is 15.7. The second-order valence-corrected chi connectivity index (χ2v) is 5.84. The van der Waals surface area contributed by atoms with Crippen molar-refractivity contribution in [3.05, 3.63) is 12.2 Å². The van der Waals surface area contributed by atoms with Gasteiger partial charge in [0.2, 0.25) is 0 Å². The lowest BCUT2D eigenvalue weighted by molar-refractivity contribution is -0.312. The molecule has 5 N–H and O–H groups in total. The molecule has 0 aromatic carbocycles. The van der Waals surface area contributed by atoms with Crippen LogP contribution in [0, 0.1) is 35.5 Å². The summed E-state index contributed by atoms with van der Waals surface area (Å²) < 4.78 is 11.0. The molecule has 1 aliphatic rings. The van der Waals surface area contributed by atoms with Crippen molar-refractivity contribution in [1.29, 1.82) is 0 Å². The van der Waals surface area contributed by atoms with Gasteiger partial charge < -0.3 is 35.0 Å². The molecule has 1 rings (SSSR count). The third-order valence-corrected chi connectivity index (χ3v) is 3.87. The third-order valence-electron chi connectivity index (χ3n) is 3.87. The quantitative estimate of drug-likeness (QED) is 0.341. The van der Waals surface area contributed by atoms with E-state index in [4.69, 9.17) is 9.47 Å². The summed E-state index contributed by atoms with van der Waals surface area (Å²) in [7, 11) is 0. The first-order valence-corrected chi connectivity index (χ1v) is 8.69. The van der Waals surface area contributed by atoms with Gasteiger partial charge >= 0.3 is 0 Å². The van der Waals surface area contributed by atoms with Gasteiger partial charge in [-0.1, -0.05) is 17.9 Å². The maximum Gasteiger partial charge on any atom is 0.186 e. The largest absolute Gasteiger partial charge is 0.396 e. The molecular formula is C20H26O7. The lowest BCUT2D eigenvalue weighted by Gasteiger charge is -2.40. The van der Waals surface area contributed by atoms with Gasteiger partial charge in [-0.3, -0.25) is 0 Å². The van der Waals surface area contributed by atoms with Crippen LogP contribution in [0.5, 0.6) is 0 Å². The molecule has 7 heteroatoms. The summed E-state index contributed by atoms with van der Waals surface area (Å²) in [4.78, 5) is 0. The van der Waals surface area contributed by atoms with Gasteiger partial charge in [0.1, 0.15) is 24.4 Å². The topological polar surface area (TPSA) is 120 Å². The van der Waals surface area contributed by atoms with E-state index >= 15 is 0 Å². The fourth-order valence-electron chi connectivity index (χ4n) is 2.42. The van der Waals surface area contributed by atoms with Crippen LogP contribution < -0.4 is 0 Å².